The molecule has 0 saturated carbocycles. The third-order valence-electron chi connectivity index (χ3n) is 5.69. The molecule has 2 atom stereocenters. The Kier molecular flexibility index (Phi) is 9.67. The fourth-order valence-corrected chi connectivity index (χ4v) is 3.77. The lowest BCUT2D eigenvalue weighted by Crippen LogP contribution is -2.42. The van der Waals surface area contributed by atoms with Gasteiger partial charge in [0.15, 0.2) is 17.5 Å². The van der Waals surface area contributed by atoms with Crippen molar-refractivity contribution in [1.29, 1.82) is 5.26 Å². The Hall–Kier alpha value is -4.80. The first kappa shape index (κ1) is 31.7. The van der Waals surface area contributed by atoms with Crippen LogP contribution in [0.1, 0.15) is 50.4 Å². The molecule has 2 aromatic heterocycles. The van der Waals surface area contributed by atoms with E-state index >= 15 is 4.39 Å². The first-order valence-corrected chi connectivity index (χ1v) is 12.5. The molecule has 1 amide bonds. The summed E-state index contributed by atoms with van der Waals surface area (Å²) < 4.78 is 70.4. The SMILES string of the molecule is COc1cc(Nc2nc(N[C@H](c3ccc(C(F)(F)F)cc3)[C@H](C)NC(=O)OC(C)(C)C)c(F)cc2C#N)cc(OC)n1. The largest absolute Gasteiger partial charge is 0.481 e. The van der Waals surface area contributed by atoms with Gasteiger partial charge < -0.3 is 30.2 Å². The average Bonchev–Trinajstić information content (AvgIpc) is 2.91. The number of nitrogens with zero attached hydrogens (tertiary/aromatic N) is 3. The molecule has 10 nitrogen and oxygen atoms in total. The predicted octanol–water partition coefficient (Wildman–Crippen LogP) is 6.33. The van der Waals surface area contributed by atoms with E-state index in [0.717, 1.165) is 18.2 Å². The number of carbonyl (C=O) groups excluding carboxylic acids is 1. The molecule has 2 heterocycles. The van der Waals surface area contributed by atoms with Crippen LogP contribution in [0.2, 0.25) is 0 Å². The highest BCUT2D eigenvalue weighted by molar-refractivity contribution is 5.69. The number of hydrogen-bond acceptors (Lipinski definition) is 9. The monoisotopic (exact) mass is 590 g/mol. The minimum atomic E-state index is -4.57. The molecule has 0 unspecified atom stereocenters. The van der Waals surface area contributed by atoms with Crippen molar-refractivity contribution in [3.05, 3.63) is 65.0 Å². The summed E-state index contributed by atoms with van der Waals surface area (Å²) >= 11 is 0. The zero-order chi connectivity index (χ0) is 31.2. The third kappa shape index (κ3) is 8.35. The molecular formula is C28H30F4N6O4. The molecule has 0 radical (unpaired) electrons. The summed E-state index contributed by atoms with van der Waals surface area (Å²) in [5.41, 5.74) is -1.19. The van der Waals surface area contributed by atoms with Gasteiger partial charge in [0.05, 0.1) is 43.1 Å². The number of anilines is 3. The van der Waals surface area contributed by atoms with Crippen LogP contribution >= 0.6 is 0 Å². The highest BCUT2D eigenvalue weighted by Crippen LogP contribution is 2.33. The molecule has 42 heavy (non-hydrogen) atoms. The Morgan fingerprint density at radius 2 is 1.57 bits per heavy atom. The first-order chi connectivity index (χ1) is 19.6. The Morgan fingerprint density at radius 3 is 2.07 bits per heavy atom. The van der Waals surface area contributed by atoms with Gasteiger partial charge in [0.1, 0.15) is 11.7 Å². The van der Waals surface area contributed by atoms with Gasteiger partial charge in [-0.25, -0.2) is 14.2 Å². The van der Waals surface area contributed by atoms with E-state index in [-0.39, 0.29) is 34.5 Å². The molecule has 0 aliphatic heterocycles. The fourth-order valence-electron chi connectivity index (χ4n) is 3.77. The molecule has 0 aliphatic rings. The summed E-state index contributed by atoms with van der Waals surface area (Å²) in [6.07, 6.45) is -5.36. The second-order valence-electron chi connectivity index (χ2n) is 10.1. The summed E-state index contributed by atoms with van der Waals surface area (Å²) in [5.74, 6) is -0.910. The summed E-state index contributed by atoms with van der Waals surface area (Å²) in [7, 11) is 2.80. The van der Waals surface area contributed by atoms with Crippen LogP contribution in [-0.2, 0) is 10.9 Å². The third-order valence-corrected chi connectivity index (χ3v) is 5.69. The number of benzene rings is 1. The molecular weight excluding hydrogens is 560 g/mol. The quantitative estimate of drug-likeness (QED) is 0.245. The molecule has 14 heteroatoms. The molecule has 3 aromatic rings. The number of aromatic nitrogens is 2. The topological polar surface area (TPSA) is 130 Å². The zero-order valence-electron chi connectivity index (χ0n) is 23.7. The highest BCUT2D eigenvalue weighted by atomic mass is 19.4. The van der Waals surface area contributed by atoms with Crippen molar-refractivity contribution >= 4 is 23.4 Å². The standard InChI is InChI=1S/C28H30F4N6O4/c1-15(34-26(39)42-27(2,3)4)23(16-7-9-18(10-8-16)28(30,31)32)37-25-20(29)11-17(14-33)24(38-25)35-19-12-21(40-5)36-22(13-19)41-6/h7-13,15,23H,1-6H3,(H,34,39)(H2,35,36,37,38)/t15-,23-/m0/s1. The van der Waals surface area contributed by atoms with Gasteiger partial charge in [-0.3, -0.25) is 0 Å². The zero-order valence-corrected chi connectivity index (χ0v) is 23.7. The van der Waals surface area contributed by atoms with Crippen LogP contribution in [0.4, 0.5) is 39.7 Å². The number of nitrogens with one attached hydrogen (secondary N) is 3. The van der Waals surface area contributed by atoms with Crippen LogP contribution in [0, 0.1) is 17.1 Å². The minimum absolute atomic E-state index is 0.0457. The summed E-state index contributed by atoms with van der Waals surface area (Å²) in [5, 5.41) is 18.0. The fraction of sp³-hybridized carbons (Fsp3) is 0.357. The summed E-state index contributed by atoms with van der Waals surface area (Å²) in [4.78, 5) is 20.8. The van der Waals surface area contributed by atoms with Gasteiger partial charge in [-0.1, -0.05) is 12.1 Å². The van der Waals surface area contributed by atoms with E-state index in [1.165, 1.54) is 38.5 Å². The molecule has 0 fully saturated rings. The molecule has 0 bridgehead atoms. The van der Waals surface area contributed by atoms with Crippen molar-refractivity contribution in [2.75, 3.05) is 24.9 Å². The molecule has 1 aromatic carbocycles. The first-order valence-electron chi connectivity index (χ1n) is 12.5. The van der Waals surface area contributed by atoms with Crippen molar-refractivity contribution in [3.8, 4) is 17.8 Å². The van der Waals surface area contributed by atoms with E-state index in [9.17, 15) is 23.2 Å². The van der Waals surface area contributed by atoms with Crippen molar-refractivity contribution in [2.45, 2.75) is 51.6 Å². The molecule has 3 N–H and O–H groups in total. The van der Waals surface area contributed by atoms with Crippen LogP contribution < -0.4 is 25.4 Å². The molecule has 0 saturated heterocycles. The van der Waals surface area contributed by atoms with E-state index in [1.807, 2.05) is 6.07 Å². The van der Waals surface area contributed by atoms with Gasteiger partial charge in [-0.05, 0) is 51.5 Å². The smallest absolute Gasteiger partial charge is 0.416 e. The van der Waals surface area contributed by atoms with Gasteiger partial charge in [0.25, 0.3) is 0 Å². The maximum Gasteiger partial charge on any atom is 0.416 e. The van der Waals surface area contributed by atoms with E-state index in [2.05, 4.69) is 25.9 Å². The highest BCUT2D eigenvalue weighted by Gasteiger charge is 2.31. The van der Waals surface area contributed by atoms with E-state index in [4.69, 9.17) is 14.2 Å². The van der Waals surface area contributed by atoms with Gasteiger partial charge in [-0.15, -0.1) is 0 Å². The van der Waals surface area contributed by atoms with Crippen LogP contribution in [0.3, 0.4) is 0 Å². The van der Waals surface area contributed by atoms with Gasteiger partial charge in [-0.2, -0.15) is 23.4 Å². The van der Waals surface area contributed by atoms with Crippen LogP contribution in [0.5, 0.6) is 11.8 Å². The van der Waals surface area contributed by atoms with E-state index in [1.54, 1.807) is 27.7 Å². The van der Waals surface area contributed by atoms with Crippen molar-refractivity contribution in [3.63, 3.8) is 0 Å². The number of amides is 1. The second-order valence-corrected chi connectivity index (χ2v) is 10.1. The van der Waals surface area contributed by atoms with Crippen LogP contribution in [-0.4, -0.2) is 41.9 Å². The Bertz CT molecular complexity index is 1430. The predicted molar refractivity (Wildman–Crippen MR) is 146 cm³/mol. The number of methoxy groups -OCH3 is 2. The molecule has 0 spiro atoms. The number of rotatable bonds is 9. The van der Waals surface area contributed by atoms with Crippen molar-refractivity contribution in [1.82, 2.24) is 15.3 Å². The number of nitriles is 1. The number of alkyl carbamates (subject to hydrolysis) is 1. The van der Waals surface area contributed by atoms with Gasteiger partial charge in [0, 0.05) is 12.1 Å². The molecule has 224 valence electrons. The second kappa shape index (κ2) is 12.8. The Labute approximate surface area is 240 Å². The maximum absolute atomic E-state index is 15.2. The van der Waals surface area contributed by atoms with Crippen molar-refractivity contribution in [2.24, 2.45) is 0 Å². The maximum atomic E-state index is 15.2. The van der Waals surface area contributed by atoms with E-state index < -0.39 is 41.3 Å². The van der Waals surface area contributed by atoms with Crippen LogP contribution in [0.15, 0.2) is 42.5 Å². The lowest BCUT2D eigenvalue weighted by atomic mass is 9.98. The Morgan fingerprint density at radius 1 is 0.976 bits per heavy atom. The lowest BCUT2D eigenvalue weighted by Gasteiger charge is -2.29. The number of carbonyl (C=O) groups is 1. The number of alkyl halides is 3. The average molecular weight is 591 g/mol. The lowest BCUT2D eigenvalue weighted by molar-refractivity contribution is -0.137. The number of halogens is 4. The minimum Gasteiger partial charge on any atom is -0.481 e. The number of ether oxygens (including phenoxy) is 3. The number of pyridine rings is 2. The van der Waals surface area contributed by atoms with E-state index in [0.29, 0.717) is 5.69 Å². The summed E-state index contributed by atoms with van der Waals surface area (Å²) in [6, 6.07) is 8.18. The molecule has 0 aliphatic carbocycles. The van der Waals surface area contributed by atoms with Gasteiger partial charge in [0.2, 0.25) is 11.8 Å². The van der Waals surface area contributed by atoms with Crippen molar-refractivity contribution < 1.29 is 36.6 Å². The Balaban J connectivity index is 2.02. The molecule has 3 rings (SSSR count). The number of hydrogen-bond donors (Lipinski definition) is 3. The van der Waals surface area contributed by atoms with Gasteiger partial charge >= 0.3 is 12.3 Å². The summed E-state index contributed by atoms with van der Waals surface area (Å²) in [6.45, 7) is 6.57. The normalized spacial score (nSPS) is 12.9. The van der Waals surface area contributed by atoms with Crippen LogP contribution in [0.25, 0.3) is 0 Å².